The molecular weight excluding hydrogens is 669 g/mol. The average Bonchev–Trinajstić information content (AvgIpc) is 3.68. The monoisotopic (exact) mass is 698 g/mol. The van der Waals surface area contributed by atoms with E-state index < -0.39 is 34.4 Å². The maximum Gasteiger partial charge on any atom is 0.330 e. The maximum absolute atomic E-state index is 15.5. The Bertz CT molecular complexity index is 2120. The Hall–Kier alpha value is -4.59. The fourth-order valence-corrected chi connectivity index (χ4v) is 6.87. The van der Waals surface area contributed by atoms with Gasteiger partial charge in [0.05, 0.1) is 28.5 Å². The normalized spacial score (nSPS) is 16.9. The predicted molar refractivity (Wildman–Crippen MR) is 177 cm³/mol. The van der Waals surface area contributed by atoms with Crippen molar-refractivity contribution in [2.75, 3.05) is 19.0 Å². The second-order valence-electron chi connectivity index (χ2n) is 11.7. The van der Waals surface area contributed by atoms with Crippen LogP contribution >= 0.6 is 23.2 Å². The molecule has 6 rings (SSSR count). The molecule has 0 unspecified atom stereocenters. The van der Waals surface area contributed by atoms with Crippen molar-refractivity contribution in [3.8, 4) is 28.3 Å². The largest absolute Gasteiger partial charge is 0.481 e. The fourth-order valence-electron chi connectivity index (χ4n) is 6.23. The molecule has 2 atom stereocenters. The Morgan fingerprint density at radius 2 is 1.75 bits per heavy atom. The topological polar surface area (TPSA) is 136 Å². The molecule has 3 N–H and O–H groups in total. The summed E-state index contributed by atoms with van der Waals surface area (Å²) in [6.07, 6.45) is 3.81. The standard InChI is InChI=1S/C33H30Cl2F2N6O5/c1-42-14-18(32(46)43(2)33(42)47)30(45)40-22-10-8-20(37)27(29(22)35)26-19(36)7-6-17(28(26)34)23-12-15-4-9-21(25(15)31(41-23)48-3)38-13-16-5-11-24(44)39-16/h6-8,10,12,14,16,21,38H,4-5,9,11,13H2,1-3H3,(H,39,44)(H,40,45)/t16-,21-/m0/s1. The molecule has 0 saturated carbocycles. The second kappa shape index (κ2) is 13.1. The van der Waals surface area contributed by atoms with E-state index in [0.717, 1.165) is 51.4 Å². The minimum absolute atomic E-state index is 0.0408. The molecular formula is C33H30Cl2F2N6O5. The predicted octanol–water partition coefficient (Wildman–Crippen LogP) is 4.51. The molecule has 1 saturated heterocycles. The number of anilines is 1. The van der Waals surface area contributed by atoms with Crippen LogP contribution in [0.1, 0.15) is 46.8 Å². The van der Waals surface area contributed by atoms with Crippen LogP contribution < -0.4 is 31.9 Å². The third-order valence-corrected chi connectivity index (χ3v) is 9.48. The van der Waals surface area contributed by atoms with Crippen molar-refractivity contribution in [2.45, 2.75) is 37.8 Å². The molecule has 1 aliphatic heterocycles. The van der Waals surface area contributed by atoms with Crippen molar-refractivity contribution in [1.82, 2.24) is 24.8 Å². The van der Waals surface area contributed by atoms with Crippen molar-refractivity contribution in [2.24, 2.45) is 14.1 Å². The first-order valence-corrected chi connectivity index (χ1v) is 15.8. The highest BCUT2D eigenvalue weighted by molar-refractivity contribution is 6.39. The van der Waals surface area contributed by atoms with E-state index in [4.69, 9.17) is 27.9 Å². The van der Waals surface area contributed by atoms with E-state index in [2.05, 4.69) is 20.9 Å². The van der Waals surface area contributed by atoms with E-state index in [1.807, 2.05) is 6.07 Å². The first kappa shape index (κ1) is 33.3. The molecule has 15 heteroatoms. The fraction of sp³-hybridized carbons (Fsp3) is 0.303. The van der Waals surface area contributed by atoms with Crippen LogP contribution in [0.4, 0.5) is 14.5 Å². The van der Waals surface area contributed by atoms with E-state index in [9.17, 15) is 19.2 Å². The Balaban J connectivity index is 1.35. The molecule has 2 aliphatic rings. The molecule has 11 nitrogen and oxygen atoms in total. The van der Waals surface area contributed by atoms with Gasteiger partial charge in [-0.1, -0.05) is 23.2 Å². The van der Waals surface area contributed by atoms with E-state index >= 15 is 8.78 Å². The number of halogens is 4. The van der Waals surface area contributed by atoms with Gasteiger partial charge in [0.15, 0.2) is 0 Å². The van der Waals surface area contributed by atoms with Gasteiger partial charge in [0.2, 0.25) is 11.8 Å². The summed E-state index contributed by atoms with van der Waals surface area (Å²) >= 11 is 13.4. The van der Waals surface area contributed by atoms with Crippen molar-refractivity contribution in [3.05, 3.63) is 95.7 Å². The van der Waals surface area contributed by atoms with Crippen molar-refractivity contribution in [1.29, 1.82) is 0 Å². The number of pyridine rings is 1. The number of carbonyl (C=O) groups is 2. The molecule has 3 heterocycles. The molecule has 0 spiro atoms. The first-order valence-electron chi connectivity index (χ1n) is 15.0. The Kier molecular flexibility index (Phi) is 9.12. The number of aromatic nitrogens is 3. The van der Waals surface area contributed by atoms with E-state index in [-0.39, 0.29) is 50.4 Å². The molecule has 1 aliphatic carbocycles. The molecule has 48 heavy (non-hydrogen) atoms. The summed E-state index contributed by atoms with van der Waals surface area (Å²) in [5, 5.41) is 8.37. The van der Waals surface area contributed by atoms with Crippen LogP contribution in [0.5, 0.6) is 5.88 Å². The zero-order valence-corrected chi connectivity index (χ0v) is 27.6. The Labute approximate surface area is 282 Å². The van der Waals surface area contributed by atoms with Gasteiger partial charge in [-0.25, -0.2) is 18.6 Å². The minimum atomic E-state index is -0.916. The van der Waals surface area contributed by atoms with Crippen LogP contribution in [0.25, 0.3) is 22.4 Å². The summed E-state index contributed by atoms with van der Waals surface area (Å²) in [5.41, 5.74) is -0.252. The van der Waals surface area contributed by atoms with Gasteiger partial charge in [-0.2, -0.15) is 0 Å². The van der Waals surface area contributed by atoms with Gasteiger partial charge in [0, 0.05) is 67.6 Å². The number of fused-ring (bicyclic) bond motifs is 1. The average molecular weight is 700 g/mol. The number of methoxy groups -OCH3 is 1. The number of nitrogens with one attached hydrogen (secondary N) is 3. The summed E-state index contributed by atoms with van der Waals surface area (Å²) in [6.45, 7) is 0.599. The van der Waals surface area contributed by atoms with Gasteiger partial charge in [-0.05, 0) is 55.2 Å². The summed E-state index contributed by atoms with van der Waals surface area (Å²) in [4.78, 5) is 54.0. The quantitative estimate of drug-likeness (QED) is 0.246. The van der Waals surface area contributed by atoms with Crippen LogP contribution in [0, 0.1) is 11.6 Å². The zero-order chi connectivity index (χ0) is 34.4. The molecule has 2 aromatic carbocycles. The molecule has 4 aromatic rings. The van der Waals surface area contributed by atoms with E-state index in [0.29, 0.717) is 31.0 Å². The Morgan fingerprint density at radius 1 is 1.04 bits per heavy atom. The van der Waals surface area contributed by atoms with E-state index in [1.165, 1.54) is 33.3 Å². The van der Waals surface area contributed by atoms with Gasteiger partial charge in [-0.3, -0.25) is 19.0 Å². The minimum Gasteiger partial charge on any atom is -0.481 e. The molecule has 2 amide bonds. The molecule has 250 valence electrons. The van der Waals surface area contributed by atoms with Gasteiger partial charge in [0.1, 0.15) is 17.2 Å². The molecule has 0 bridgehead atoms. The van der Waals surface area contributed by atoms with Gasteiger partial charge < -0.3 is 25.3 Å². The number of aryl methyl sites for hydroxylation is 2. The summed E-state index contributed by atoms with van der Waals surface area (Å²) in [5.74, 6) is -2.31. The molecule has 2 aromatic heterocycles. The third kappa shape index (κ3) is 5.97. The maximum atomic E-state index is 15.5. The number of benzene rings is 2. The summed E-state index contributed by atoms with van der Waals surface area (Å²) < 4.78 is 38.5. The van der Waals surface area contributed by atoms with Crippen molar-refractivity contribution < 1.29 is 23.1 Å². The lowest BCUT2D eigenvalue weighted by atomic mass is 9.98. The summed E-state index contributed by atoms with van der Waals surface area (Å²) in [6, 6.07) is 6.53. The van der Waals surface area contributed by atoms with Gasteiger partial charge >= 0.3 is 5.69 Å². The first-order chi connectivity index (χ1) is 22.9. The van der Waals surface area contributed by atoms with Crippen molar-refractivity contribution in [3.63, 3.8) is 0 Å². The summed E-state index contributed by atoms with van der Waals surface area (Å²) in [7, 11) is 4.09. The van der Waals surface area contributed by atoms with Crippen LogP contribution in [0.3, 0.4) is 0 Å². The Morgan fingerprint density at radius 3 is 2.44 bits per heavy atom. The number of ether oxygens (including phenoxy) is 1. The van der Waals surface area contributed by atoms with Gasteiger partial charge in [0.25, 0.3) is 11.5 Å². The number of hydrogen-bond acceptors (Lipinski definition) is 7. The van der Waals surface area contributed by atoms with Crippen LogP contribution in [0.15, 0.2) is 46.1 Å². The zero-order valence-electron chi connectivity index (χ0n) is 26.0. The number of rotatable bonds is 8. The van der Waals surface area contributed by atoms with Crippen LogP contribution in [0.2, 0.25) is 10.0 Å². The lowest BCUT2D eigenvalue weighted by molar-refractivity contribution is -0.119. The van der Waals surface area contributed by atoms with Crippen LogP contribution in [-0.4, -0.2) is 45.6 Å². The lowest BCUT2D eigenvalue weighted by Crippen LogP contribution is -2.40. The lowest BCUT2D eigenvalue weighted by Gasteiger charge is -2.20. The van der Waals surface area contributed by atoms with Crippen molar-refractivity contribution >= 4 is 40.7 Å². The highest BCUT2D eigenvalue weighted by Crippen LogP contribution is 2.46. The number of carbonyl (C=O) groups excluding carboxylic acids is 2. The molecule has 0 radical (unpaired) electrons. The second-order valence-corrected chi connectivity index (χ2v) is 12.5. The number of hydrogen-bond donors (Lipinski definition) is 3. The highest BCUT2D eigenvalue weighted by Gasteiger charge is 2.31. The molecule has 1 fully saturated rings. The smallest absolute Gasteiger partial charge is 0.330 e. The number of nitrogens with zero attached hydrogens (tertiary/aromatic N) is 3. The highest BCUT2D eigenvalue weighted by atomic mass is 35.5. The third-order valence-electron chi connectivity index (χ3n) is 8.70. The van der Waals surface area contributed by atoms with E-state index in [1.54, 1.807) is 0 Å². The van der Waals surface area contributed by atoms with Crippen LogP contribution in [-0.2, 0) is 25.3 Å². The number of amides is 2. The SMILES string of the molecule is COc1nc(-c2ccc(F)c(-c3c(F)ccc(NC(=O)c4cn(C)c(=O)n(C)c4=O)c3Cl)c2Cl)cc2c1[C@@H](NC[C@@H]1CCC(=O)N1)CC2. The van der Waals surface area contributed by atoms with Gasteiger partial charge in [-0.15, -0.1) is 0 Å².